The number of urea groups is 1. The fraction of sp³-hybridized carbons (Fsp3) is 0.381. The summed E-state index contributed by atoms with van der Waals surface area (Å²) in [4.78, 5) is 14.3. The predicted molar refractivity (Wildman–Crippen MR) is 121 cm³/mol. The molecule has 3 rings (SSSR count). The van der Waals surface area contributed by atoms with Gasteiger partial charge < -0.3 is 15.0 Å². The van der Waals surface area contributed by atoms with E-state index in [0.717, 1.165) is 11.3 Å². The summed E-state index contributed by atoms with van der Waals surface area (Å²) >= 11 is 12.0. The SMILES string of the molecule is CCOc1cccc(C(C)NC(=O)N2CCN(S(=O)(=O)c3cc(Cl)ccc3Cl)CC2)c1. The lowest BCUT2D eigenvalue weighted by molar-refractivity contribution is 0.169. The lowest BCUT2D eigenvalue weighted by Crippen LogP contribution is -2.53. The zero-order valence-corrected chi connectivity index (χ0v) is 19.7. The monoisotopic (exact) mass is 485 g/mol. The molecule has 0 spiro atoms. The Hall–Kier alpha value is -2.00. The summed E-state index contributed by atoms with van der Waals surface area (Å²) in [5.74, 6) is 0.750. The van der Waals surface area contributed by atoms with Crippen molar-refractivity contribution < 1.29 is 17.9 Å². The third-order valence-corrected chi connectivity index (χ3v) is 7.66. The number of amides is 2. The van der Waals surface area contributed by atoms with E-state index >= 15 is 0 Å². The molecule has 31 heavy (non-hydrogen) atoms. The number of carbonyl (C=O) groups is 1. The van der Waals surface area contributed by atoms with Gasteiger partial charge in [-0.2, -0.15) is 4.31 Å². The molecular formula is C21H25Cl2N3O4S. The summed E-state index contributed by atoms with van der Waals surface area (Å²) < 4.78 is 32.7. The van der Waals surface area contributed by atoms with Gasteiger partial charge in [0.2, 0.25) is 10.0 Å². The zero-order chi connectivity index (χ0) is 22.6. The normalized spacial score (nSPS) is 16.1. The Morgan fingerprint density at radius 1 is 1.13 bits per heavy atom. The number of nitrogens with one attached hydrogen (secondary N) is 1. The van der Waals surface area contributed by atoms with Crippen LogP contribution in [0.3, 0.4) is 0 Å². The van der Waals surface area contributed by atoms with Gasteiger partial charge in [-0.15, -0.1) is 0 Å². The molecule has 1 N–H and O–H groups in total. The Morgan fingerprint density at radius 3 is 2.52 bits per heavy atom. The summed E-state index contributed by atoms with van der Waals surface area (Å²) in [6.45, 7) is 5.27. The Balaban J connectivity index is 1.61. The maximum Gasteiger partial charge on any atom is 0.317 e. The maximum atomic E-state index is 12.9. The minimum Gasteiger partial charge on any atom is -0.494 e. The van der Waals surface area contributed by atoms with E-state index in [9.17, 15) is 13.2 Å². The van der Waals surface area contributed by atoms with Crippen molar-refractivity contribution in [2.75, 3.05) is 32.8 Å². The van der Waals surface area contributed by atoms with E-state index < -0.39 is 10.0 Å². The van der Waals surface area contributed by atoms with Gasteiger partial charge in [0, 0.05) is 31.2 Å². The standard InChI is InChI=1S/C21H25Cl2N3O4S/c1-3-30-18-6-4-5-16(13-18)15(2)24-21(27)25-9-11-26(12-10-25)31(28,29)20-14-17(22)7-8-19(20)23/h4-8,13-15H,3,9-12H2,1-2H3,(H,24,27). The van der Waals surface area contributed by atoms with Gasteiger partial charge in [-0.3, -0.25) is 0 Å². The maximum absolute atomic E-state index is 12.9. The minimum atomic E-state index is -3.80. The highest BCUT2D eigenvalue weighted by molar-refractivity contribution is 7.89. The minimum absolute atomic E-state index is 0.0256. The number of carbonyl (C=O) groups excluding carboxylic acids is 1. The van der Waals surface area contributed by atoms with Crippen molar-refractivity contribution in [2.45, 2.75) is 24.8 Å². The van der Waals surface area contributed by atoms with Crippen LogP contribution in [0.25, 0.3) is 0 Å². The molecule has 7 nitrogen and oxygen atoms in total. The molecule has 1 fully saturated rings. The van der Waals surface area contributed by atoms with Crippen LogP contribution in [0, 0.1) is 0 Å². The van der Waals surface area contributed by atoms with E-state index in [-0.39, 0.29) is 48.2 Å². The first-order valence-corrected chi connectivity index (χ1v) is 12.2. The molecule has 0 aliphatic carbocycles. The molecule has 2 aromatic rings. The number of hydrogen-bond acceptors (Lipinski definition) is 4. The molecule has 0 radical (unpaired) electrons. The van der Waals surface area contributed by atoms with Crippen LogP contribution in [0.1, 0.15) is 25.5 Å². The smallest absolute Gasteiger partial charge is 0.317 e. The predicted octanol–water partition coefficient (Wildman–Crippen LogP) is 4.17. The van der Waals surface area contributed by atoms with Crippen LogP contribution in [0.15, 0.2) is 47.4 Å². The van der Waals surface area contributed by atoms with E-state index in [0.29, 0.717) is 11.6 Å². The van der Waals surface area contributed by atoms with Gasteiger partial charge in [-0.1, -0.05) is 35.3 Å². The number of hydrogen-bond donors (Lipinski definition) is 1. The van der Waals surface area contributed by atoms with E-state index in [1.165, 1.54) is 22.5 Å². The van der Waals surface area contributed by atoms with Gasteiger partial charge in [-0.25, -0.2) is 13.2 Å². The second-order valence-electron chi connectivity index (χ2n) is 7.14. The van der Waals surface area contributed by atoms with Gasteiger partial charge in [-0.05, 0) is 49.7 Å². The summed E-state index contributed by atoms with van der Waals surface area (Å²) in [6, 6.07) is 11.4. The third-order valence-electron chi connectivity index (χ3n) is 5.05. The summed E-state index contributed by atoms with van der Waals surface area (Å²) in [7, 11) is -3.80. The van der Waals surface area contributed by atoms with Crippen molar-refractivity contribution >= 4 is 39.3 Å². The lowest BCUT2D eigenvalue weighted by Gasteiger charge is -2.34. The molecule has 0 saturated carbocycles. The van der Waals surface area contributed by atoms with Crippen LogP contribution in [-0.2, 0) is 10.0 Å². The van der Waals surface area contributed by atoms with Crippen LogP contribution >= 0.6 is 23.2 Å². The Labute approximate surface area is 192 Å². The first kappa shape index (κ1) is 23.7. The molecule has 2 aromatic carbocycles. The van der Waals surface area contributed by atoms with Crippen LogP contribution in [0.2, 0.25) is 10.0 Å². The van der Waals surface area contributed by atoms with Crippen LogP contribution in [-0.4, -0.2) is 56.4 Å². The molecule has 1 saturated heterocycles. The van der Waals surface area contributed by atoms with E-state index in [1.54, 1.807) is 4.90 Å². The molecule has 1 heterocycles. The molecule has 2 amide bonds. The summed E-state index contributed by atoms with van der Waals surface area (Å²) in [6.07, 6.45) is 0. The van der Waals surface area contributed by atoms with Crippen molar-refractivity contribution in [3.8, 4) is 5.75 Å². The number of benzene rings is 2. The second-order valence-corrected chi connectivity index (χ2v) is 9.89. The molecule has 1 unspecified atom stereocenters. The number of rotatable bonds is 6. The van der Waals surface area contributed by atoms with Gasteiger partial charge in [0.05, 0.1) is 17.7 Å². The molecule has 1 atom stereocenters. The third kappa shape index (κ3) is 5.63. The van der Waals surface area contributed by atoms with Crippen LogP contribution in [0.4, 0.5) is 4.79 Å². The number of sulfonamides is 1. The molecule has 1 aliphatic rings. The van der Waals surface area contributed by atoms with Gasteiger partial charge in [0.25, 0.3) is 0 Å². The number of nitrogens with zero attached hydrogens (tertiary/aromatic N) is 2. The molecule has 10 heteroatoms. The first-order valence-electron chi connectivity index (χ1n) is 9.95. The highest BCUT2D eigenvalue weighted by Crippen LogP contribution is 2.28. The van der Waals surface area contributed by atoms with Crippen molar-refractivity contribution in [1.82, 2.24) is 14.5 Å². The molecule has 0 bridgehead atoms. The van der Waals surface area contributed by atoms with E-state index in [1.807, 2.05) is 38.1 Å². The fourth-order valence-corrected chi connectivity index (χ4v) is 5.51. The zero-order valence-electron chi connectivity index (χ0n) is 17.3. The van der Waals surface area contributed by atoms with E-state index in [4.69, 9.17) is 27.9 Å². The van der Waals surface area contributed by atoms with E-state index in [2.05, 4.69) is 5.32 Å². The number of piperazine rings is 1. The number of halogens is 2. The van der Waals surface area contributed by atoms with Gasteiger partial charge in [0.15, 0.2) is 0 Å². The molecule has 0 aromatic heterocycles. The highest BCUT2D eigenvalue weighted by Gasteiger charge is 2.32. The average Bonchev–Trinajstić information content (AvgIpc) is 2.76. The van der Waals surface area contributed by atoms with Gasteiger partial charge >= 0.3 is 6.03 Å². The van der Waals surface area contributed by atoms with Crippen molar-refractivity contribution in [1.29, 1.82) is 0 Å². The topological polar surface area (TPSA) is 79.0 Å². The highest BCUT2D eigenvalue weighted by atomic mass is 35.5. The Morgan fingerprint density at radius 2 is 1.84 bits per heavy atom. The van der Waals surface area contributed by atoms with Crippen molar-refractivity contribution in [3.63, 3.8) is 0 Å². The quantitative estimate of drug-likeness (QED) is 0.665. The molecular weight excluding hydrogens is 461 g/mol. The van der Waals surface area contributed by atoms with Crippen molar-refractivity contribution in [3.05, 3.63) is 58.1 Å². The number of ether oxygens (including phenoxy) is 1. The Bertz CT molecular complexity index is 1040. The van der Waals surface area contributed by atoms with Crippen LogP contribution < -0.4 is 10.1 Å². The fourth-order valence-electron chi connectivity index (χ4n) is 3.35. The second kappa shape index (κ2) is 10.1. The largest absolute Gasteiger partial charge is 0.494 e. The van der Waals surface area contributed by atoms with Crippen LogP contribution in [0.5, 0.6) is 5.75 Å². The van der Waals surface area contributed by atoms with Gasteiger partial charge in [0.1, 0.15) is 10.6 Å². The Kier molecular flexibility index (Phi) is 7.69. The lowest BCUT2D eigenvalue weighted by atomic mass is 10.1. The van der Waals surface area contributed by atoms with Crippen molar-refractivity contribution in [2.24, 2.45) is 0 Å². The summed E-state index contributed by atoms with van der Waals surface area (Å²) in [5, 5.41) is 3.37. The average molecular weight is 486 g/mol. The molecule has 168 valence electrons. The summed E-state index contributed by atoms with van der Waals surface area (Å²) in [5.41, 5.74) is 0.927. The molecule has 1 aliphatic heterocycles. The first-order chi connectivity index (χ1) is 14.7.